The first-order chi connectivity index (χ1) is 17.3. The number of fused-ring (bicyclic) bond motifs is 2. The lowest BCUT2D eigenvalue weighted by Crippen LogP contribution is -2.36. The molecule has 36 heavy (non-hydrogen) atoms. The number of imidazole rings is 2. The largest absolute Gasteiger partial charge is 0.449 e. The van der Waals surface area contributed by atoms with E-state index in [-0.39, 0.29) is 16.6 Å². The Labute approximate surface area is 200 Å². The van der Waals surface area contributed by atoms with Crippen molar-refractivity contribution in [1.82, 2.24) is 24.5 Å². The second-order valence-corrected chi connectivity index (χ2v) is 8.30. The molecular formula is C24H17F5N6O. The van der Waals surface area contributed by atoms with E-state index in [2.05, 4.69) is 19.9 Å². The van der Waals surface area contributed by atoms with Gasteiger partial charge in [0.15, 0.2) is 0 Å². The van der Waals surface area contributed by atoms with Crippen LogP contribution in [0.2, 0.25) is 0 Å². The second kappa shape index (κ2) is 8.26. The summed E-state index contributed by atoms with van der Waals surface area (Å²) in [5, 5.41) is -0.0315. The summed E-state index contributed by atoms with van der Waals surface area (Å²) < 4.78 is 76.0. The van der Waals surface area contributed by atoms with Crippen LogP contribution in [0.3, 0.4) is 0 Å². The van der Waals surface area contributed by atoms with Crippen LogP contribution in [-0.2, 0) is 10.9 Å². The predicted molar refractivity (Wildman–Crippen MR) is 122 cm³/mol. The average Bonchev–Trinajstić information content (AvgIpc) is 3.54. The lowest BCUT2D eigenvalue weighted by Gasteiger charge is -2.29. The molecule has 0 amide bonds. The van der Waals surface area contributed by atoms with E-state index in [1.54, 1.807) is 10.6 Å². The number of benzene rings is 2. The summed E-state index contributed by atoms with van der Waals surface area (Å²) in [6.07, 6.45) is -0.743. The number of pyridine rings is 1. The van der Waals surface area contributed by atoms with Crippen molar-refractivity contribution < 1.29 is 26.7 Å². The zero-order valence-electron chi connectivity index (χ0n) is 18.5. The van der Waals surface area contributed by atoms with E-state index < -0.39 is 23.6 Å². The molecule has 0 bridgehead atoms. The number of aromatic amines is 1. The minimum Gasteiger partial charge on any atom is -0.378 e. The third kappa shape index (κ3) is 3.65. The predicted octanol–water partition coefficient (Wildman–Crippen LogP) is 5.10. The van der Waals surface area contributed by atoms with Gasteiger partial charge in [0.1, 0.15) is 23.5 Å². The van der Waals surface area contributed by atoms with Crippen molar-refractivity contribution >= 4 is 27.6 Å². The number of nitrogens with zero attached hydrogens (tertiary/aromatic N) is 5. The number of halogens is 5. The van der Waals surface area contributed by atoms with Crippen molar-refractivity contribution in [2.24, 2.45) is 0 Å². The van der Waals surface area contributed by atoms with Crippen molar-refractivity contribution in [2.75, 3.05) is 31.2 Å². The Morgan fingerprint density at radius 1 is 0.917 bits per heavy atom. The number of aromatic nitrogens is 5. The van der Waals surface area contributed by atoms with Crippen molar-refractivity contribution in [3.05, 3.63) is 66.5 Å². The summed E-state index contributed by atoms with van der Waals surface area (Å²) in [5.41, 5.74) is 2.26. The molecule has 0 saturated carbocycles. The van der Waals surface area contributed by atoms with Crippen molar-refractivity contribution in [2.45, 2.75) is 6.18 Å². The molecule has 0 atom stereocenters. The van der Waals surface area contributed by atoms with E-state index in [0.29, 0.717) is 48.6 Å². The van der Waals surface area contributed by atoms with Crippen molar-refractivity contribution in [3.8, 4) is 16.9 Å². The van der Waals surface area contributed by atoms with Crippen LogP contribution < -0.4 is 4.90 Å². The van der Waals surface area contributed by atoms with Gasteiger partial charge in [0.05, 0.1) is 47.2 Å². The highest BCUT2D eigenvalue weighted by Crippen LogP contribution is 2.37. The van der Waals surface area contributed by atoms with Gasteiger partial charge in [-0.2, -0.15) is 13.2 Å². The number of rotatable bonds is 3. The number of nitrogens with one attached hydrogen (secondary N) is 1. The highest BCUT2D eigenvalue weighted by molar-refractivity contribution is 5.97. The molecule has 0 radical (unpaired) electrons. The maximum atomic E-state index is 14.9. The first-order valence-corrected chi connectivity index (χ1v) is 11.0. The first-order valence-electron chi connectivity index (χ1n) is 11.0. The van der Waals surface area contributed by atoms with Crippen LogP contribution in [0, 0.1) is 11.6 Å². The lowest BCUT2D eigenvalue weighted by atomic mass is 10.1. The van der Waals surface area contributed by atoms with Crippen molar-refractivity contribution in [3.63, 3.8) is 0 Å². The average molecular weight is 500 g/mol. The molecule has 0 aliphatic carbocycles. The molecule has 184 valence electrons. The van der Waals surface area contributed by atoms with E-state index in [1.165, 1.54) is 18.6 Å². The Bertz CT molecular complexity index is 1600. The number of hydrogen-bond acceptors (Lipinski definition) is 5. The van der Waals surface area contributed by atoms with E-state index in [0.717, 1.165) is 24.0 Å². The van der Waals surface area contributed by atoms with E-state index in [1.807, 2.05) is 11.0 Å². The van der Waals surface area contributed by atoms with Gasteiger partial charge in [-0.1, -0.05) is 0 Å². The lowest BCUT2D eigenvalue weighted by molar-refractivity contribution is -0.144. The second-order valence-electron chi connectivity index (χ2n) is 8.30. The molecule has 0 unspecified atom stereocenters. The third-order valence-electron chi connectivity index (χ3n) is 6.18. The van der Waals surface area contributed by atoms with Gasteiger partial charge in [-0.3, -0.25) is 9.55 Å². The highest BCUT2D eigenvalue weighted by atomic mass is 19.4. The van der Waals surface area contributed by atoms with Crippen molar-refractivity contribution in [1.29, 1.82) is 0 Å². The van der Waals surface area contributed by atoms with Gasteiger partial charge < -0.3 is 14.6 Å². The number of H-pyrrole nitrogens is 1. The highest BCUT2D eigenvalue weighted by Gasteiger charge is 2.34. The third-order valence-corrected chi connectivity index (χ3v) is 6.18. The maximum Gasteiger partial charge on any atom is 0.449 e. The van der Waals surface area contributed by atoms with Crippen LogP contribution in [-0.4, -0.2) is 50.8 Å². The molecule has 1 N–H and O–H groups in total. The number of ether oxygens (including phenoxy) is 1. The van der Waals surface area contributed by atoms with Crippen LogP contribution in [0.15, 0.2) is 49.1 Å². The number of anilines is 1. The molecule has 2 aromatic carbocycles. The van der Waals surface area contributed by atoms with E-state index >= 15 is 0 Å². The van der Waals surface area contributed by atoms with Gasteiger partial charge >= 0.3 is 6.18 Å². The normalized spacial score (nSPS) is 14.8. The van der Waals surface area contributed by atoms with Crippen LogP contribution in [0.5, 0.6) is 0 Å². The Morgan fingerprint density at radius 2 is 1.69 bits per heavy atom. The summed E-state index contributed by atoms with van der Waals surface area (Å²) in [7, 11) is 0. The zero-order chi connectivity index (χ0) is 25.0. The number of morpholine rings is 1. The molecule has 1 aliphatic rings. The zero-order valence-corrected chi connectivity index (χ0v) is 18.5. The quantitative estimate of drug-likeness (QED) is 0.349. The number of alkyl halides is 3. The minimum absolute atomic E-state index is 0.0315. The first kappa shape index (κ1) is 22.4. The molecule has 12 heteroatoms. The van der Waals surface area contributed by atoms with Gasteiger partial charge in [-0.25, -0.2) is 18.7 Å². The van der Waals surface area contributed by atoms with Gasteiger partial charge in [-0.05, 0) is 30.3 Å². The summed E-state index contributed by atoms with van der Waals surface area (Å²) in [5.74, 6) is -2.46. The maximum absolute atomic E-state index is 14.9. The fraction of sp³-hybridized carbons (Fsp3) is 0.208. The Morgan fingerprint density at radius 3 is 2.44 bits per heavy atom. The topological polar surface area (TPSA) is 71.9 Å². The molecule has 5 aromatic rings. The van der Waals surface area contributed by atoms with Gasteiger partial charge in [0.25, 0.3) is 0 Å². The van der Waals surface area contributed by atoms with Crippen LogP contribution in [0.1, 0.15) is 5.82 Å². The Hall–Kier alpha value is -4.06. The molecule has 6 rings (SSSR count). The summed E-state index contributed by atoms with van der Waals surface area (Å²) >= 11 is 0. The molecule has 1 aliphatic heterocycles. The van der Waals surface area contributed by atoms with Gasteiger partial charge in [-0.15, -0.1) is 0 Å². The fourth-order valence-electron chi connectivity index (χ4n) is 4.48. The molecule has 1 saturated heterocycles. The summed E-state index contributed by atoms with van der Waals surface area (Å²) in [6, 6.07) is 7.12. The SMILES string of the molecule is Fc1ccc(F)c2c(-n3cnc4c(-c5cnc(C(F)(F)F)[nH]5)cc(N5CCOCC5)cc43)ccnc12. The molecule has 0 spiro atoms. The van der Waals surface area contributed by atoms with Crippen LogP contribution in [0.4, 0.5) is 27.6 Å². The van der Waals surface area contributed by atoms with Gasteiger partial charge in [0.2, 0.25) is 5.82 Å². The molecule has 3 aromatic heterocycles. The fourth-order valence-corrected chi connectivity index (χ4v) is 4.48. The molecule has 1 fully saturated rings. The summed E-state index contributed by atoms with van der Waals surface area (Å²) in [6.45, 7) is 2.14. The summed E-state index contributed by atoms with van der Waals surface area (Å²) in [4.78, 5) is 16.3. The van der Waals surface area contributed by atoms with Crippen LogP contribution in [0.25, 0.3) is 38.9 Å². The van der Waals surface area contributed by atoms with E-state index in [4.69, 9.17) is 4.74 Å². The van der Waals surface area contributed by atoms with Crippen LogP contribution >= 0.6 is 0 Å². The number of hydrogen-bond donors (Lipinski definition) is 1. The van der Waals surface area contributed by atoms with E-state index in [9.17, 15) is 22.0 Å². The molecule has 4 heterocycles. The molecular weight excluding hydrogens is 483 g/mol. The Kier molecular flexibility index (Phi) is 5.14. The minimum atomic E-state index is -4.64. The standard InChI is InChI=1S/C24H17F5N6O/c25-15-1-2-16(26)22-20(15)18(3-4-30-22)35-12-32-21-14(17-11-31-23(33-17)24(27,28)29)9-13(10-19(21)35)34-5-7-36-8-6-34/h1-4,9-12H,5-8H2,(H,31,33). The Balaban J connectivity index is 1.61. The molecule has 7 nitrogen and oxygen atoms in total. The smallest absolute Gasteiger partial charge is 0.378 e. The monoisotopic (exact) mass is 500 g/mol. The van der Waals surface area contributed by atoms with Gasteiger partial charge in [0, 0.05) is 30.5 Å².